The monoisotopic (exact) mass is 628 g/mol. The standard InChI is InChI=1S/C39H36N2O4S/c1-41(44-2)37(42)36(40-38(43)45-26-35-33-24-14-12-22-31(33)32-23-13-15-25-34(32)35)27-46-39(28-16-6-3-7-17-28,29-18-8-4-9-19-29)30-20-10-5-11-21-30/h3-25,35-36H,26-27H2,1-2H3,(H,40,43). The lowest BCUT2D eigenvalue weighted by Crippen LogP contribution is -2.49. The van der Waals surface area contributed by atoms with Gasteiger partial charge in [-0.2, -0.15) is 0 Å². The number of nitrogens with zero attached hydrogens (tertiary/aromatic N) is 1. The number of hydrogen-bond donors (Lipinski definition) is 1. The lowest BCUT2D eigenvalue weighted by molar-refractivity contribution is -0.170. The number of rotatable bonds is 11. The predicted molar refractivity (Wildman–Crippen MR) is 183 cm³/mol. The van der Waals surface area contributed by atoms with Crippen LogP contribution in [-0.2, 0) is 19.1 Å². The molecule has 0 radical (unpaired) electrons. The zero-order chi connectivity index (χ0) is 31.9. The fourth-order valence-corrected chi connectivity index (χ4v) is 7.79. The summed E-state index contributed by atoms with van der Waals surface area (Å²) in [7, 11) is 2.97. The topological polar surface area (TPSA) is 67.9 Å². The van der Waals surface area contributed by atoms with Crippen LogP contribution in [0.1, 0.15) is 33.7 Å². The third-order valence-electron chi connectivity index (χ3n) is 8.53. The van der Waals surface area contributed by atoms with E-state index in [0.29, 0.717) is 0 Å². The number of hydroxylamine groups is 2. The molecular weight excluding hydrogens is 593 g/mol. The number of nitrogens with one attached hydrogen (secondary N) is 1. The van der Waals surface area contributed by atoms with Crippen LogP contribution in [-0.4, -0.2) is 49.6 Å². The SMILES string of the molecule is CON(C)C(=O)C(CSC(c1ccccc1)(c1ccccc1)c1ccccc1)NC(=O)OCC1c2ccccc2-c2ccccc21. The molecule has 232 valence electrons. The van der Waals surface area contributed by atoms with Crippen molar-refractivity contribution in [3.05, 3.63) is 167 Å². The zero-order valence-electron chi connectivity index (χ0n) is 25.8. The lowest BCUT2D eigenvalue weighted by atomic mass is 9.84. The molecule has 5 aromatic carbocycles. The maximum Gasteiger partial charge on any atom is 0.407 e. The van der Waals surface area contributed by atoms with Gasteiger partial charge in [0.2, 0.25) is 0 Å². The molecule has 0 bridgehead atoms. The van der Waals surface area contributed by atoms with Gasteiger partial charge in [-0.3, -0.25) is 9.63 Å². The summed E-state index contributed by atoms with van der Waals surface area (Å²) < 4.78 is 5.18. The summed E-state index contributed by atoms with van der Waals surface area (Å²) in [6, 6.07) is 46.2. The second kappa shape index (κ2) is 14.1. The Bertz CT molecular complexity index is 1640. The van der Waals surface area contributed by atoms with E-state index < -0.39 is 16.9 Å². The number of fused-ring (bicyclic) bond motifs is 3. The molecule has 0 aliphatic heterocycles. The Balaban J connectivity index is 1.28. The molecule has 5 aromatic rings. The number of ether oxygens (including phenoxy) is 1. The van der Waals surface area contributed by atoms with E-state index in [9.17, 15) is 9.59 Å². The molecule has 1 atom stereocenters. The summed E-state index contributed by atoms with van der Waals surface area (Å²) in [4.78, 5) is 32.3. The number of alkyl carbamates (subject to hydrolysis) is 1. The first kappa shape index (κ1) is 31.1. The van der Waals surface area contributed by atoms with E-state index in [2.05, 4.69) is 66.0 Å². The molecule has 6 nitrogen and oxygen atoms in total. The van der Waals surface area contributed by atoms with Gasteiger partial charge in [0.25, 0.3) is 5.91 Å². The van der Waals surface area contributed by atoms with Gasteiger partial charge in [0.05, 0.1) is 11.9 Å². The van der Waals surface area contributed by atoms with Crippen molar-refractivity contribution < 1.29 is 19.2 Å². The van der Waals surface area contributed by atoms with Gasteiger partial charge in [0, 0.05) is 18.7 Å². The lowest BCUT2D eigenvalue weighted by Gasteiger charge is -2.36. The summed E-state index contributed by atoms with van der Waals surface area (Å²) in [6.45, 7) is 0.149. The van der Waals surface area contributed by atoms with Crippen molar-refractivity contribution in [1.29, 1.82) is 0 Å². The van der Waals surface area contributed by atoms with E-state index in [0.717, 1.165) is 44.0 Å². The van der Waals surface area contributed by atoms with Crippen molar-refractivity contribution in [3.63, 3.8) is 0 Å². The van der Waals surface area contributed by atoms with E-state index in [1.807, 2.05) is 78.9 Å². The zero-order valence-corrected chi connectivity index (χ0v) is 26.7. The molecule has 2 amide bonds. The minimum Gasteiger partial charge on any atom is -0.449 e. The van der Waals surface area contributed by atoms with Crippen LogP contribution in [0.2, 0.25) is 0 Å². The van der Waals surface area contributed by atoms with Crippen molar-refractivity contribution in [1.82, 2.24) is 10.4 Å². The molecule has 6 rings (SSSR count). The first-order valence-corrected chi connectivity index (χ1v) is 16.2. The van der Waals surface area contributed by atoms with Crippen LogP contribution in [0.25, 0.3) is 11.1 Å². The third kappa shape index (κ3) is 6.16. The first-order chi connectivity index (χ1) is 22.5. The Hall–Kier alpha value is -4.85. The number of thioether (sulfide) groups is 1. The molecule has 1 unspecified atom stereocenters. The van der Waals surface area contributed by atoms with E-state index in [1.54, 1.807) is 11.8 Å². The van der Waals surface area contributed by atoms with Gasteiger partial charge in [-0.1, -0.05) is 140 Å². The van der Waals surface area contributed by atoms with Gasteiger partial charge in [0.1, 0.15) is 12.6 Å². The number of carbonyl (C=O) groups excluding carboxylic acids is 2. The largest absolute Gasteiger partial charge is 0.449 e. The Morgan fingerprint density at radius 2 is 1.15 bits per heavy atom. The molecule has 0 spiro atoms. The second-order valence-electron chi connectivity index (χ2n) is 11.1. The Kier molecular flexibility index (Phi) is 9.52. The smallest absolute Gasteiger partial charge is 0.407 e. The second-order valence-corrected chi connectivity index (χ2v) is 12.4. The molecule has 0 fully saturated rings. The van der Waals surface area contributed by atoms with Gasteiger partial charge < -0.3 is 10.1 Å². The molecule has 1 aliphatic rings. The minimum absolute atomic E-state index is 0.0924. The number of likely N-dealkylation sites (N-methyl/N-ethyl adjacent to an activating group) is 1. The van der Waals surface area contributed by atoms with Crippen molar-refractivity contribution in [2.45, 2.75) is 16.7 Å². The molecule has 46 heavy (non-hydrogen) atoms. The number of benzene rings is 5. The van der Waals surface area contributed by atoms with Crippen molar-refractivity contribution in [2.24, 2.45) is 0 Å². The number of carbonyl (C=O) groups is 2. The quantitative estimate of drug-likeness (QED) is 0.120. The Labute approximate surface area is 274 Å². The number of amides is 2. The van der Waals surface area contributed by atoms with Gasteiger partial charge >= 0.3 is 6.09 Å². The van der Waals surface area contributed by atoms with Crippen LogP contribution in [0.3, 0.4) is 0 Å². The highest BCUT2D eigenvalue weighted by Gasteiger charge is 2.39. The van der Waals surface area contributed by atoms with Crippen molar-refractivity contribution in [2.75, 3.05) is 26.5 Å². The maximum absolute atomic E-state index is 13.6. The Morgan fingerprint density at radius 1 is 0.717 bits per heavy atom. The highest BCUT2D eigenvalue weighted by Crippen LogP contribution is 2.49. The van der Waals surface area contributed by atoms with Crippen LogP contribution in [0.4, 0.5) is 4.79 Å². The molecule has 1 N–H and O–H groups in total. The van der Waals surface area contributed by atoms with Crippen molar-refractivity contribution in [3.8, 4) is 11.1 Å². The fraction of sp³-hybridized carbons (Fsp3) is 0.179. The van der Waals surface area contributed by atoms with Gasteiger partial charge in [-0.25, -0.2) is 9.86 Å². The molecular formula is C39H36N2O4S. The van der Waals surface area contributed by atoms with Crippen LogP contribution < -0.4 is 5.32 Å². The molecule has 0 saturated carbocycles. The molecule has 7 heteroatoms. The highest BCUT2D eigenvalue weighted by molar-refractivity contribution is 8.00. The van der Waals surface area contributed by atoms with Gasteiger partial charge in [-0.05, 0) is 38.9 Å². The summed E-state index contributed by atoms with van der Waals surface area (Å²) in [6.07, 6.45) is -0.657. The predicted octanol–water partition coefficient (Wildman–Crippen LogP) is 7.64. The van der Waals surface area contributed by atoms with Crippen LogP contribution in [0, 0.1) is 0 Å². The number of hydrogen-bond acceptors (Lipinski definition) is 5. The summed E-state index contributed by atoms with van der Waals surface area (Å²) in [5, 5.41) is 4.02. The normalized spacial score (nSPS) is 12.9. The van der Waals surface area contributed by atoms with Crippen LogP contribution >= 0.6 is 11.8 Å². The molecule has 0 heterocycles. The van der Waals surface area contributed by atoms with Gasteiger partial charge in [0.15, 0.2) is 0 Å². The summed E-state index contributed by atoms with van der Waals surface area (Å²) >= 11 is 1.59. The Morgan fingerprint density at radius 3 is 1.61 bits per heavy atom. The van der Waals surface area contributed by atoms with Crippen LogP contribution in [0.5, 0.6) is 0 Å². The first-order valence-electron chi connectivity index (χ1n) is 15.3. The van der Waals surface area contributed by atoms with Crippen LogP contribution in [0.15, 0.2) is 140 Å². The van der Waals surface area contributed by atoms with Crippen molar-refractivity contribution >= 4 is 23.8 Å². The molecule has 0 saturated heterocycles. The van der Waals surface area contributed by atoms with E-state index in [1.165, 1.54) is 14.2 Å². The van der Waals surface area contributed by atoms with E-state index >= 15 is 0 Å². The summed E-state index contributed by atoms with van der Waals surface area (Å²) in [5.41, 5.74) is 7.73. The highest BCUT2D eigenvalue weighted by atomic mass is 32.2. The van der Waals surface area contributed by atoms with E-state index in [-0.39, 0.29) is 24.2 Å². The summed E-state index contributed by atoms with van der Waals surface area (Å²) in [5.74, 6) is -0.230. The third-order valence-corrected chi connectivity index (χ3v) is 10.2. The maximum atomic E-state index is 13.6. The minimum atomic E-state index is -0.930. The molecule has 1 aliphatic carbocycles. The van der Waals surface area contributed by atoms with Gasteiger partial charge in [-0.15, -0.1) is 11.8 Å². The molecule has 0 aromatic heterocycles. The average Bonchev–Trinajstić information content (AvgIpc) is 3.44. The van der Waals surface area contributed by atoms with E-state index in [4.69, 9.17) is 9.57 Å². The fourth-order valence-electron chi connectivity index (χ4n) is 6.24. The average molecular weight is 629 g/mol.